The number of carbonyl (C=O) groups is 2. The number of fused-ring (bicyclic) bond motifs is 1. The van der Waals surface area contributed by atoms with E-state index in [2.05, 4.69) is 5.32 Å². The van der Waals surface area contributed by atoms with Gasteiger partial charge in [0.1, 0.15) is 11.1 Å². The summed E-state index contributed by atoms with van der Waals surface area (Å²) in [6.45, 7) is 1.54. The molecule has 0 saturated heterocycles. The quantitative estimate of drug-likeness (QED) is 0.564. The Morgan fingerprint density at radius 1 is 1.08 bits per heavy atom. The van der Waals surface area contributed by atoms with Crippen molar-refractivity contribution in [3.8, 4) is 0 Å². The molecule has 26 heavy (non-hydrogen) atoms. The van der Waals surface area contributed by atoms with E-state index in [1.165, 1.54) is 6.07 Å². The number of hydrogen-bond acceptors (Lipinski definition) is 5. The van der Waals surface area contributed by atoms with Crippen LogP contribution in [0.3, 0.4) is 0 Å². The van der Waals surface area contributed by atoms with E-state index in [0.717, 1.165) is 12.0 Å². The zero-order chi connectivity index (χ0) is 18.5. The molecule has 6 nitrogen and oxygen atoms in total. The molecule has 1 amide bonds. The third-order valence-corrected chi connectivity index (χ3v) is 3.84. The van der Waals surface area contributed by atoms with Gasteiger partial charge in [-0.3, -0.25) is 4.79 Å². The van der Waals surface area contributed by atoms with Gasteiger partial charge in [-0.05, 0) is 36.2 Å². The Balaban J connectivity index is 1.63. The number of amides is 1. The second-order valence-electron chi connectivity index (χ2n) is 5.66. The Labute approximate surface area is 149 Å². The number of aryl methyl sites for hydroxylation is 1. The average molecular weight is 351 g/mol. The molecule has 1 N–H and O–H groups in total. The van der Waals surface area contributed by atoms with Crippen molar-refractivity contribution < 1.29 is 18.7 Å². The van der Waals surface area contributed by atoms with Crippen molar-refractivity contribution in [2.24, 2.45) is 0 Å². The fourth-order valence-corrected chi connectivity index (χ4v) is 2.43. The van der Waals surface area contributed by atoms with Crippen molar-refractivity contribution in [2.75, 3.05) is 11.9 Å². The highest BCUT2D eigenvalue weighted by Crippen LogP contribution is 2.13. The first kappa shape index (κ1) is 17.4. The number of anilines is 1. The van der Waals surface area contributed by atoms with E-state index in [-0.39, 0.29) is 5.56 Å². The molecule has 1 heterocycles. The molecule has 0 fully saturated rings. The van der Waals surface area contributed by atoms with Crippen LogP contribution in [0.2, 0.25) is 0 Å². The minimum atomic E-state index is -0.902. The van der Waals surface area contributed by atoms with Crippen molar-refractivity contribution in [1.29, 1.82) is 0 Å². The van der Waals surface area contributed by atoms with E-state index in [0.29, 0.717) is 16.7 Å². The SMILES string of the molecule is CCc1ccc(NC(=O)COC(=O)c2cc3ccccc3oc2=O)cc1. The minimum absolute atomic E-state index is 0.246. The van der Waals surface area contributed by atoms with Gasteiger partial charge in [-0.15, -0.1) is 0 Å². The fraction of sp³-hybridized carbons (Fsp3) is 0.150. The number of carbonyl (C=O) groups excluding carboxylic acids is 2. The average Bonchev–Trinajstić information content (AvgIpc) is 2.66. The van der Waals surface area contributed by atoms with Crippen molar-refractivity contribution >= 4 is 28.5 Å². The van der Waals surface area contributed by atoms with Crippen LogP contribution in [0.4, 0.5) is 5.69 Å². The van der Waals surface area contributed by atoms with Gasteiger partial charge in [-0.1, -0.05) is 37.3 Å². The van der Waals surface area contributed by atoms with E-state index in [1.807, 2.05) is 19.1 Å². The Hall–Kier alpha value is -3.41. The van der Waals surface area contributed by atoms with Gasteiger partial charge in [-0.25, -0.2) is 9.59 Å². The van der Waals surface area contributed by atoms with Gasteiger partial charge in [0.25, 0.3) is 5.91 Å². The van der Waals surface area contributed by atoms with Crippen LogP contribution in [-0.2, 0) is 16.0 Å². The Bertz CT molecular complexity index is 1000. The monoisotopic (exact) mass is 351 g/mol. The summed E-state index contributed by atoms with van der Waals surface area (Å²) < 4.78 is 10.0. The predicted octanol–water partition coefficient (Wildman–Crippen LogP) is 3.15. The van der Waals surface area contributed by atoms with Gasteiger partial charge in [-0.2, -0.15) is 0 Å². The third-order valence-electron chi connectivity index (χ3n) is 3.84. The summed E-state index contributed by atoms with van der Waals surface area (Å²) in [4.78, 5) is 35.9. The molecule has 3 rings (SSSR count). The molecule has 0 spiro atoms. The first-order chi connectivity index (χ1) is 12.6. The summed E-state index contributed by atoms with van der Waals surface area (Å²) in [6.07, 6.45) is 0.903. The second kappa shape index (κ2) is 7.65. The number of hydrogen-bond donors (Lipinski definition) is 1. The third kappa shape index (κ3) is 3.97. The lowest BCUT2D eigenvalue weighted by molar-refractivity contribution is -0.119. The molecule has 0 saturated carbocycles. The molecular weight excluding hydrogens is 334 g/mol. The molecule has 0 atom stereocenters. The number of ether oxygens (including phenoxy) is 1. The summed E-state index contributed by atoms with van der Waals surface area (Å²) in [6, 6.07) is 15.6. The Kier molecular flexibility index (Phi) is 5.12. The Morgan fingerprint density at radius 3 is 2.54 bits per heavy atom. The highest BCUT2D eigenvalue weighted by Gasteiger charge is 2.16. The van der Waals surface area contributed by atoms with Crippen LogP contribution in [0.5, 0.6) is 0 Å². The number of benzene rings is 2. The van der Waals surface area contributed by atoms with Gasteiger partial charge in [0, 0.05) is 11.1 Å². The molecule has 0 aliphatic carbocycles. The molecule has 3 aromatic rings. The molecule has 2 aromatic carbocycles. The molecular formula is C20H17NO5. The first-order valence-electron chi connectivity index (χ1n) is 8.15. The van der Waals surface area contributed by atoms with Crippen molar-refractivity contribution in [3.05, 3.63) is 76.1 Å². The summed E-state index contributed by atoms with van der Waals surface area (Å²) in [5.41, 5.74) is 1.08. The summed E-state index contributed by atoms with van der Waals surface area (Å²) in [5, 5.41) is 3.22. The van der Waals surface area contributed by atoms with E-state index in [4.69, 9.17) is 9.15 Å². The second-order valence-corrected chi connectivity index (χ2v) is 5.66. The smallest absolute Gasteiger partial charge is 0.351 e. The molecule has 132 valence electrons. The number of rotatable bonds is 5. The zero-order valence-corrected chi connectivity index (χ0v) is 14.2. The lowest BCUT2D eigenvalue weighted by Crippen LogP contribution is -2.23. The highest BCUT2D eigenvalue weighted by molar-refractivity contribution is 5.96. The van der Waals surface area contributed by atoms with E-state index in [1.54, 1.807) is 36.4 Å². The molecule has 1 aromatic heterocycles. The van der Waals surface area contributed by atoms with E-state index >= 15 is 0 Å². The maximum atomic E-state index is 12.1. The summed E-state index contributed by atoms with van der Waals surface area (Å²) in [5.74, 6) is -1.39. The van der Waals surface area contributed by atoms with Gasteiger partial charge in [0.05, 0.1) is 0 Å². The fourth-order valence-electron chi connectivity index (χ4n) is 2.43. The minimum Gasteiger partial charge on any atom is -0.452 e. The molecule has 0 aliphatic heterocycles. The number of nitrogens with one attached hydrogen (secondary N) is 1. The van der Waals surface area contributed by atoms with Crippen molar-refractivity contribution in [3.63, 3.8) is 0 Å². The summed E-state index contributed by atoms with van der Waals surface area (Å²) >= 11 is 0. The molecule has 0 radical (unpaired) electrons. The Morgan fingerprint density at radius 2 is 1.81 bits per heavy atom. The van der Waals surface area contributed by atoms with Crippen molar-refractivity contribution in [2.45, 2.75) is 13.3 Å². The normalized spacial score (nSPS) is 10.5. The van der Waals surface area contributed by atoms with Crippen LogP contribution in [-0.4, -0.2) is 18.5 Å². The maximum absolute atomic E-state index is 12.1. The van der Waals surface area contributed by atoms with Crippen LogP contribution in [0.25, 0.3) is 11.0 Å². The van der Waals surface area contributed by atoms with Crippen LogP contribution < -0.4 is 10.9 Å². The molecule has 0 unspecified atom stereocenters. The lowest BCUT2D eigenvalue weighted by Gasteiger charge is -2.07. The van der Waals surface area contributed by atoms with Gasteiger partial charge in [0.15, 0.2) is 6.61 Å². The summed E-state index contributed by atoms with van der Waals surface area (Å²) in [7, 11) is 0. The maximum Gasteiger partial charge on any atom is 0.351 e. The standard InChI is InChI=1S/C20H17NO5/c1-2-13-7-9-15(10-8-13)21-18(22)12-25-19(23)16-11-14-5-3-4-6-17(14)26-20(16)24/h3-11H,2,12H2,1H3,(H,21,22). The number of para-hydroxylation sites is 1. The first-order valence-corrected chi connectivity index (χ1v) is 8.15. The number of esters is 1. The van der Waals surface area contributed by atoms with Crippen LogP contribution in [0, 0.1) is 0 Å². The van der Waals surface area contributed by atoms with Crippen LogP contribution in [0.1, 0.15) is 22.8 Å². The van der Waals surface area contributed by atoms with E-state index < -0.39 is 24.1 Å². The van der Waals surface area contributed by atoms with Gasteiger partial charge < -0.3 is 14.5 Å². The largest absolute Gasteiger partial charge is 0.452 e. The molecule has 6 heteroatoms. The van der Waals surface area contributed by atoms with Gasteiger partial charge >= 0.3 is 11.6 Å². The molecule has 0 aliphatic rings. The van der Waals surface area contributed by atoms with E-state index in [9.17, 15) is 14.4 Å². The van der Waals surface area contributed by atoms with Crippen molar-refractivity contribution in [1.82, 2.24) is 0 Å². The molecule has 0 bridgehead atoms. The topological polar surface area (TPSA) is 85.6 Å². The van der Waals surface area contributed by atoms with Crippen LogP contribution >= 0.6 is 0 Å². The predicted molar refractivity (Wildman–Crippen MR) is 97.2 cm³/mol. The lowest BCUT2D eigenvalue weighted by atomic mass is 10.1. The highest BCUT2D eigenvalue weighted by atomic mass is 16.5. The van der Waals surface area contributed by atoms with Gasteiger partial charge in [0.2, 0.25) is 0 Å². The van der Waals surface area contributed by atoms with Crippen LogP contribution in [0.15, 0.2) is 63.8 Å². The zero-order valence-electron chi connectivity index (χ0n) is 14.2.